The molecule has 4 rings (SSSR count). The fourth-order valence-corrected chi connectivity index (χ4v) is 3.44. The Balaban J connectivity index is 1.64. The highest BCUT2D eigenvalue weighted by atomic mass is 16.7. The molecule has 2 aromatic rings. The van der Waals surface area contributed by atoms with Crippen LogP contribution in [0.1, 0.15) is 64.6 Å². The van der Waals surface area contributed by atoms with Crippen LogP contribution in [0.5, 0.6) is 0 Å². The standard InChI is InChI=1S/C21H20N4O6/c1-11-22-9-14-15(23-11)10-24(20(29)30-21(2,3)4)16(14)19(28)31-25-17(26)12-7-5-6-8-13(12)18(25)27/h5-9,16H,10H2,1-4H3. The predicted octanol–water partition coefficient (Wildman–Crippen LogP) is 2.33. The molecule has 3 amide bonds. The summed E-state index contributed by atoms with van der Waals surface area (Å²) in [5, 5.41) is 0.410. The topological polar surface area (TPSA) is 119 Å². The van der Waals surface area contributed by atoms with Gasteiger partial charge in [-0.3, -0.25) is 14.5 Å². The summed E-state index contributed by atoms with van der Waals surface area (Å²) < 4.78 is 5.41. The van der Waals surface area contributed by atoms with E-state index < -0.39 is 35.5 Å². The van der Waals surface area contributed by atoms with Gasteiger partial charge in [0.05, 0.1) is 23.4 Å². The van der Waals surface area contributed by atoms with Crippen molar-refractivity contribution in [1.29, 1.82) is 0 Å². The molecule has 0 fully saturated rings. The number of amides is 3. The normalized spacial score (nSPS) is 17.5. The minimum Gasteiger partial charge on any atom is -0.444 e. The molecule has 0 spiro atoms. The molecule has 2 aliphatic rings. The Labute approximate surface area is 177 Å². The van der Waals surface area contributed by atoms with Crippen LogP contribution >= 0.6 is 0 Å². The molecule has 0 saturated heterocycles. The Morgan fingerprint density at radius 1 is 1.10 bits per heavy atom. The van der Waals surface area contributed by atoms with Crippen LogP contribution in [0.25, 0.3) is 0 Å². The SMILES string of the molecule is Cc1ncc2c(n1)CN(C(=O)OC(C)(C)C)C2C(=O)ON1C(=O)c2ccccc2C1=O. The van der Waals surface area contributed by atoms with E-state index in [9.17, 15) is 19.2 Å². The number of hydrogen-bond acceptors (Lipinski definition) is 8. The Bertz CT molecular complexity index is 1090. The number of fused-ring (bicyclic) bond motifs is 2. The number of ether oxygens (including phenoxy) is 1. The van der Waals surface area contributed by atoms with E-state index in [-0.39, 0.29) is 17.7 Å². The van der Waals surface area contributed by atoms with Crippen molar-refractivity contribution in [3.63, 3.8) is 0 Å². The van der Waals surface area contributed by atoms with Crippen LogP contribution in [0.3, 0.4) is 0 Å². The first-order valence-electron chi connectivity index (χ1n) is 9.58. The minimum atomic E-state index is -1.27. The van der Waals surface area contributed by atoms with Crippen molar-refractivity contribution in [3.05, 3.63) is 58.7 Å². The molecule has 1 aromatic carbocycles. The number of rotatable bonds is 2. The number of hydrogen-bond donors (Lipinski definition) is 0. The lowest BCUT2D eigenvalue weighted by molar-refractivity contribution is -0.174. The number of benzene rings is 1. The van der Waals surface area contributed by atoms with Gasteiger partial charge in [0.2, 0.25) is 0 Å². The summed E-state index contributed by atoms with van der Waals surface area (Å²) >= 11 is 0. The third-order valence-corrected chi connectivity index (χ3v) is 4.74. The molecule has 0 saturated carbocycles. The van der Waals surface area contributed by atoms with E-state index in [1.54, 1.807) is 39.8 Å². The number of hydroxylamine groups is 2. The second-order valence-corrected chi connectivity index (χ2v) is 8.19. The number of imide groups is 1. The Morgan fingerprint density at radius 2 is 1.71 bits per heavy atom. The molecule has 0 bridgehead atoms. The Kier molecular flexibility index (Phi) is 4.72. The molecule has 1 unspecified atom stereocenters. The van der Waals surface area contributed by atoms with Crippen molar-refractivity contribution in [2.75, 3.05) is 0 Å². The van der Waals surface area contributed by atoms with Gasteiger partial charge in [0.25, 0.3) is 11.8 Å². The molecule has 160 valence electrons. The average molecular weight is 424 g/mol. The summed E-state index contributed by atoms with van der Waals surface area (Å²) in [5.74, 6) is -2.03. The van der Waals surface area contributed by atoms with Gasteiger partial charge in [-0.05, 0) is 39.8 Å². The quantitative estimate of drug-likeness (QED) is 0.674. The second-order valence-electron chi connectivity index (χ2n) is 8.19. The van der Waals surface area contributed by atoms with E-state index in [4.69, 9.17) is 9.57 Å². The van der Waals surface area contributed by atoms with Gasteiger partial charge in [-0.2, -0.15) is 0 Å². The number of carbonyl (C=O) groups excluding carboxylic acids is 4. The van der Waals surface area contributed by atoms with E-state index in [1.165, 1.54) is 18.3 Å². The maximum absolute atomic E-state index is 13.1. The zero-order chi connectivity index (χ0) is 22.5. The van der Waals surface area contributed by atoms with Crippen LogP contribution in [0.15, 0.2) is 30.5 Å². The molecule has 0 N–H and O–H groups in total. The van der Waals surface area contributed by atoms with Crippen molar-refractivity contribution < 1.29 is 28.8 Å². The van der Waals surface area contributed by atoms with Crippen LogP contribution in [-0.4, -0.2) is 49.4 Å². The molecule has 3 heterocycles. The second kappa shape index (κ2) is 7.15. The number of nitrogens with zero attached hydrogens (tertiary/aromatic N) is 4. The lowest BCUT2D eigenvalue weighted by atomic mass is 10.1. The third-order valence-electron chi connectivity index (χ3n) is 4.74. The maximum atomic E-state index is 13.1. The first-order chi connectivity index (χ1) is 14.6. The first kappa shape index (κ1) is 20.5. The largest absolute Gasteiger partial charge is 0.444 e. The highest BCUT2D eigenvalue weighted by Crippen LogP contribution is 2.35. The first-order valence-corrected chi connectivity index (χ1v) is 9.58. The van der Waals surface area contributed by atoms with Gasteiger partial charge < -0.3 is 9.57 Å². The van der Waals surface area contributed by atoms with Gasteiger partial charge in [0, 0.05) is 11.8 Å². The van der Waals surface area contributed by atoms with Gasteiger partial charge in [-0.25, -0.2) is 19.6 Å². The fraction of sp³-hybridized carbons (Fsp3) is 0.333. The monoisotopic (exact) mass is 424 g/mol. The average Bonchev–Trinajstić information content (AvgIpc) is 3.18. The zero-order valence-corrected chi connectivity index (χ0v) is 17.4. The van der Waals surface area contributed by atoms with Gasteiger partial charge >= 0.3 is 12.1 Å². The van der Waals surface area contributed by atoms with Gasteiger partial charge in [-0.15, -0.1) is 0 Å². The van der Waals surface area contributed by atoms with Crippen LogP contribution in [0.4, 0.5) is 4.79 Å². The van der Waals surface area contributed by atoms with Gasteiger partial charge in [0.1, 0.15) is 11.4 Å². The van der Waals surface area contributed by atoms with E-state index in [2.05, 4.69) is 9.97 Å². The third kappa shape index (κ3) is 3.60. The molecule has 1 aromatic heterocycles. The lowest BCUT2D eigenvalue weighted by Crippen LogP contribution is -2.41. The maximum Gasteiger partial charge on any atom is 0.411 e. The minimum absolute atomic E-state index is 0.00447. The summed E-state index contributed by atoms with van der Waals surface area (Å²) in [6.07, 6.45) is 0.670. The Morgan fingerprint density at radius 3 is 2.29 bits per heavy atom. The van der Waals surface area contributed by atoms with Crippen LogP contribution < -0.4 is 0 Å². The molecular formula is C21H20N4O6. The Hall–Kier alpha value is -3.82. The van der Waals surface area contributed by atoms with Crippen molar-refractivity contribution in [3.8, 4) is 0 Å². The van der Waals surface area contributed by atoms with E-state index in [0.29, 0.717) is 22.1 Å². The number of carbonyl (C=O) groups is 4. The van der Waals surface area contributed by atoms with Crippen molar-refractivity contribution in [1.82, 2.24) is 19.9 Å². The molecule has 2 aliphatic heterocycles. The summed E-state index contributed by atoms with van der Waals surface area (Å²) in [4.78, 5) is 65.7. The van der Waals surface area contributed by atoms with Crippen LogP contribution in [-0.2, 0) is 20.9 Å². The lowest BCUT2D eigenvalue weighted by Gasteiger charge is -2.28. The summed E-state index contributed by atoms with van der Waals surface area (Å²) in [7, 11) is 0. The number of aryl methyl sites for hydroxylation is 1. The van der Waals surface area contributed by atoms with E-state index in [0.717, 1.165) is 4.90 Å². The molecule has 0 radical (unpaired) electrons. The van der Waals surface area contributed by atoms with Gasteiger partial charge in [0.15, 0.2) is 6.04 Å². The van der Waals surface area contributed by atoms with Crippen LogP contribution in [0, 0.1) is 6.92 Å². The van der Waals surface area contributed by atoms with Crippen molar-refractivity contribution in [2.45, 2.75) is 45.9 Å². The summed E-state index contributed by atoms with van der Waals surface area (Å²) in [6, 6.07) is 4.88. The fourth-order valence-electron chi connectivity index (χ4n) is 3.44. The van der Waals surface area contributed by atoms with E-state index in [1.807, 2.05) is 0 Å². The molecule has 1 atom stereocenters. The zero-order valence-electron chi connectivity index (χ0n) is 17.4. The highest BCUT2D eigenvalue weighted by molar-refractivity contribution is 6.21. The molecule has 31 heavy (non-hydrogen) atoms. The van der Waals surface area contributed by atoms with E-state index >= 15 is 0 Å². The smallest absolute Gasteiger partial charge is 0.411 e. The van der Waals surface area contributed by atoms with Gasteiger partial charge in [-0.1, -0.05) is 17.2 Å². The molecular weight excluding hydrogens is 404 g/mol. The summed E-state index contributed by atoms with van der Waals surface area (Å²) in [5.41, 5.74) is 0.274. The number of aromatic nitrogens is 2. The highest BCUT2D eigenvalue weighted by Gasteiger charge is 2.46. The van der Waals surface area contributed by atoms with Crippen molar-refractivity contribution >= 4 is 23.9 Å². The predicted molar refractivity (Wildman–Crippen MR) is 104 cm³/mol. The molecule has 10 heteroatoms. The van der Waals surface area contributed by atoms with Crippen LogP contribution in [0.2, 0.25) is 0 Å². The molecule has 10 nitrogen and oxygen atoms in total. The molecule has 0 aliphatic carbocycles. The summed E-state index contributed by atoms with van der Waals surface area (Å²) in [6.45, 7) is 6.77. The van der Waals surface area contributed by atoms with Crippen molar-refractivity contribution in [2.24, 2.45) is 0 Å².